The van der Waals surface area contributed by atoms with Crippen molar-refractivity contribution >= 4 is 21.4 Å². The van der Waals surface area contributed by atoms with E-state index in [2.05, 4.69) is 5.32 Å². The minimum absolute atomic E-state index is 0.0170. The first-order valence-corrected chi connectivity index (χ1v) is 9.38. The molecule has 1 amide bonds. The van der Waals surface area contributed by atoms with Crippen LogP contribution in [0.5, 0.6) is 0 Å². The Labute approximate surface area is 137 Å². The van der Waals surface area contributed by atoms with Crippen LogP contribution in [0.4, 0.5) is 5.69 Å². The molecule has 0 saturated carbocycles. The maximum Gasteiger partial charge on any atom is 0.239 e. The molecule has 0 aromatic heterocycles. The molecule has 1 N–H and O–H groups in total. The monoisotopic (exact) mass is 331 g/mol. The van der Waals surface area contributed by atoms with Gasteiger partial charge >= 0.3 is 0 Å². The van der Waals surface area contributed by atoms with Gasteiger partial charge in [0, 0.05) is 5.69 Å². The van der Waals surface area contributed by atoms with E-state index in [-0.39, 0.29) is 5.75 Å². The lowest BCUT2D eigenvalue weighted by atomic mass is 10.1. The molecule has 0 aliphatic rings. The van der Waals surface area contributed by atoms with Gasteiger partial charge in [-0.2, -0.15) is 0 Å². The zero-order valence-corrected chi connectivity index (χ0v) is 14.0. The van der Waals surface area contributed by atoms with E-state index in [4.69, 9.17) is 0 Å². The van der Waals surface area contributed by atoms with Crippen LogP contribution in [-0.2, 0) is 21.1 Å². The number of hydrogen-bond donors (Lipinski definition) is 1. The average molecular weight is 331 g/mol. The predicted octanol–water partition coefficient (Wildman–Crippen LogP) is 2.98. The topological polar surface area (TPSA) is 63.2 Å². The summed E-state index contributed by atoms with van der Waals surface area (Å²) in [5, 5.41) is 2.63. The van der Waals surface area contributed by atoms with Gasteiger partial charge in [0.15, 0.2) is 9.84 Å². The molecule has 2 aromatic carbocycles. The minimum atomic E-state index is -3.39. The highest BCUT2D eigenvalue weighted by atomic mass is 32.2. The number of benzene rings is 2. The van der Waals surface area contributed by atoms with Crippen LogP contribution < -0.4 is 5.32 Å². The zero-order chi connectivity index (χ0) is 16.7. The minimum Gasteiger partial charge on any atom is -0.325 e. The van der Waals surface area contributed by atoms with Crippen molar-refractivity contribution in [2.24, 2.45) is 0 Å². The first-order valence-electron chi connectivity index (χ1n) is 7.55. The first-order chi connectivity index (χ1) is 10.9. The average Bonchev–Trinajstić information content (AvgIpc) is 2.47. The van der Waals surface area contributed by atoms with E-state index >= 15 is 0 Å². The van der Waals surface area contributed by atoms with Gasteiger partial charge in [0.1, 0.15) is 5.75 Å². The number of amides is 1. The number of carbonyl (C=O) groups excluding carboxylic acids is 1. The predicted molar refractivity (Wildman–Crippen MR) is 93.2 cm³/mol. The van der Waals surface area contributed by atoms with Gasteiger partial charge in [0.25, 0.3) is 0 Å². The maximum atomic E-state index is 12.0. The van der Waals surface area contributed by atoms with Crippen LogP contribution >= 0.6 is 0 Å². The van der Waals surface area contributed by atoms with Gasteiger partial charge in [-0.25, -0.2) is 8.42 Å². The van der Waals surface area contributed by atoms with E-state index in [1.165, 1.54) is 0 Å². The molecule has 23 heavy (non-hydrogen) atoms. The summed E-state index contributed by atoms with van der Waals surface area (Å²) < 4.78 is 24.1. The Balaban J connectivity index is 1.82. The summed E-state index contributed by atoms with van der Waals surface area (Å²) in [6.07, 6.45) is 1.21. The molecule has 0 saturated heterocycles. The third kappa shape index (κ3) is 6.24. The Morgan fingerprint density at radius 3 is 2.48 bits per heavy atom. The van der Waals surface area contributed by atoms with Gasteiger partial charge in [0.05, 0.1) is 5.75 Å². The highest BCUT2D eigenvalue weighted by molar-refractivity contribution is 7.92. The molecule has 4 nitrogen and oxygen atoms in total. The number of nitrogens with one attached hydrogen (secondary N) is 1. The van der Waals surface area contributed by atoms with Gasteiger partial charge in [0.2, 0.25) is 5.91 Å². The van der Waals surface area contributed by atoms with Crippen molar-refractivity contribution < 1.29 is 13.2 Å². The second-order valence-electron chi connectivity index (χ2n) is 5.60. The highest BCUT2D eigenvalue weighted by Gasteiger charge is 2.16. The SMILES string of the molecule is Cc1cccc(NC(=O)CS(=O)(=O)CCCc2ccccc2)c1. The van der Waals surface area contributed by atoms with Crippen molar-refractivity contribution in [1.29, 1.82) is 0 Å². The molecule has 0 bridgehead atoms. The zero-order valence-electron chi connectivity index (χ0n) is 13.2. The van der Waals surface area contributed by atoms with Crippen LogP contribution in [0.1, 0.15) is 17.5 Å². The van der Waals surface area contributed by atoms with Gasteiger partial charge in [-0.3, -0.25) is 4.79 Å². The van der Waals surface area contributed by atoms with E-state index in [1.807, 2.05) is 49.4 Å². The molecule has 0 aliphatic carbocycles. The third-order valence-electron chi connectivity index (χ3n) is 3.42. The van der Waals surface area contributed by atoms with Crippen molar-refractivity contribution in [2.75, 3.05) is 16.8 Å². The van der Waals surface area contributed by atoms with Crippen LogP contribution in [0, 0.1) is 6.92 Å². The van der Waals surface area contributed by atoms with Crippen LogP contribution in [0.2, 0.25) is 0 Å². The molecule has 0 unspecified atom stereocenters. The van der Waals surface area contributed by atoms with Gasteiger partial charge in [-0.15, -0.1) is 0 Å². The fourth-order valence-corrected chi connectivity index (χ4v) is 3.53. The van der Waals surface area contributed by atoms with E-state index in [0.29, 0.717) is 18.5 Å². The summed E-state index contributed by atoms with van der Waals surface area (Å²) in [6.45, 7) is 1.91. The smallest absolute Gasteiger partial charge is 0.239 e. The molecule has 0 heterocycles. The summed E-state index contributed by atoms with van der Waals surface area (Å²) in [6, 6.07) is 17.0. The summed E-state index contributed by atoms with van der Waals surface area (Å²) >= 11 is 0. The van der Waals surface area contributed by atoms with Crippen molar-refractivity contribution in [3.63, 3.8) is 0 Å². The number of rotatable bonds is 7. The second-order valence-corrected chi connectivity index (χ2v) is 7.78. The summed E-state index contributed by atoms with van der Waals surface area (Å²) in [4.78, 5) is 11.9. The van der Waals surface area contributed by atoms with Gasteiger partial charge in [-0.1, -0.05) is 42.5 Å². The molecular formula is C18H21NO3S. The Kier molecular flexibility index (Phi) is 5.93. The highest BCUT2D eigenvalue weighted by Crippen LogP contribution is 2.10. The van der Waals surface area contributed by atoms with Crippen molar-refractivity contribution in [2.45, 2.75) is 19.8 Å². The standard InChI is InChI=1S/C18H21NO3S/c1-15-7-5-11-17(13-15)19-18(20)14-23(21,22)12-6-10-16-8-3-2-4-9-16/h2-5,7-9,11,13H,6,10,12,14H2,1H3,(H,19,20). The van der Waals surface area contributed by atoms with Gasteiger partial charge in [-0.05, 0) is 43.0 Å². The Hall–Kier alpha value is -2.14. The number of anilines is 1. The number of carbonyl (C=O) groups is 1. The number of aryl methyl sites for hydroxylation is 2. The molecule has 0 aliphatic heterocycles. The lowest BCUT2D eigenvalue weighted by Gasteiger charge is -2.07. The molecule has 0 spiro atoms. The van der Waals surface area contributed by atoms with Crippen LogP contribution in [0.25, 0.3) is 0 Å². The fourth-order valence-electron chi connectivity index (χ4n) is 2.33. The molecule has 122 valence electrons. The maximum absolute atomic E-state index is 12.0. The quantitative estimate of drug-likeness (QED) is 0.848. The van der Waals surface area contributed by atoms with Crippen molar-refractivity contribution in [3.8, 4) is 0 Å². The Morgan fingerprint density at radius 2 is 1.78 bits per heavy atom. The molecule has 5 heteroatoms. The first kappa shape index (κ1) is 17.2. The normalized spacial score (nSPS) is 11.2. The van der Waals surface area contributed by atoms with Crippen LogP contribution in [0.3, 0.4) is 0 Å². The summed E-state index contributed by atoms with van der Waals surface area (Å²) in [5.74, 6) is -0.950. The summed E-state index contributed by atoms with van der Waals surface area (Å²) in [5.41, 5.74) is 2.73. The molecule has 2 rings (SSSR count). The molecule has 0 atom stereocenters. The molecular weight excluding hydrogens is 310 g/mol. The lowest BCUT2D eigenvalue weighted by Crippen LogP contribution is -2.24. The largest absolute Gasteiger partial charge is 0.325 e. The van der Waals surface area contributed by atoms with E-state index in [1.54, 1.807) is 12.1 Å². The van der Waals surface area contributed by atoms with E-state index in [0.717, 1.165) is 11.1 Å². The Morgan fingerprint density at radius 1 is 1.04 bits per heavy atom. The van der Waals surface area contributed by atoms with Crippen molar-refractivity contribution in [1.82, 2.24) is 0 Å². The fraction of sp³-hybridized carbons (Fsp3) is 0.278. The number of hydrogen-bond acceptors (Lipinski definition) is 3. The van der Waals surface area contributed by atoms with Crippen LogP contribution in [0.15, 0.2) is 54.6 Å². The van der Waals surface area contributed by atoms with Crippen LogP contribution in [-0.4, -0.2) is 25.8 Å². The number of sulfone groups is 1. The second kappa shape index (κ2) is 7.92. The third-order valence-corrected chi connectivity index (χ3v) is 5.03. The van der Waals surface area contributed by atoms with Gasteiger partial charge < -0.3 is 5.32 Å². The summed E-state index contributed by atoms with van der Waals surface area (Å²) in [7, 11) is -3.39. The van der Waals surface area contributed by atoms with E-state index in [9.17, 15) is 13.2 Å². The Bertz CT molecular complexity index is 755. The lowest BCUT2D eigenvalue weighted by molar-refractivity contribution is -0.113. The molecule has 0 fully saturated rings. The molecule has 0 radical (unpaired) electrons. The van der Waals surface area contributed by atoms with E-state index < -0.39 is 21.5 Å². The van der Waals surface area contributed by atoms with Crippen molar-refractivity contribution in [3.05, 3.63) is 65.7 Å². The molecule has 2 aromatic rings.